The minimum atomic E-state index is -0.438. The maximum atomic E-state index is 13.7. The minimum absolute atomic E-state index is 0.190. The molecule has 0 radical (unpaired) electrons. The predicted octanol–water partition coefficient (Wildman–Crippen LogP) is 7.98. The Labute approximate surface area is 277 Å². The van der Waals surface area contributed by atoms with E-state index in [0.29, 0.717) is 45.7 Å². The number of methoxy groups -OCH3 is 2. The van der Waals surface area contributed by atoms with E-state index in [1.807, 2.05) is 31.2 Å². The molecule has 1 heterocycles. The van der Waals surface area contributed by atoms with Crippen LogP contribution in [0.15, 0.2) is 77.7 Å². The lowest BCUT2D eigenvalue weighted by atomic mass is 9.83. The summed E-state index contributed by atoms with van der Waals surface area (Å²) < 4.78 is 16.2. The van der Waals surface area contributed by atoms with Crippen molar-refractivity contribution in [3.63, 3.8) is 0 Å². The molecule has 46 heavy (non-hydrogen) atoms. The second kappa shape index (κ2) is 15.3. The lowest BCUT2D eigenvalue weighted by molar-refractivity contribution is -0.115. The average molecular weight is 659 g/mol. The fraction of sp³-hybridized carbons (Fsp3) is 0.306. The number of esters is 1. The maximum absolute atomic E-state index is 13.7. The Morgan fingerprint density at radius 2 is 1.63 bits per heavy atom. The summed E-state index contributed by atoms with van der Waals surface area (Å²) in [6, 6.07) is 22.9. The molecule has 8 nitrogen and oxygen atoms in total. The van der Waals surface area contributed by atoms with E-state index < -0.39 is 11.2 Å². The van der Waals surface area contributed by atoms with Crippen molar-refractivity contribution in [1.82, 2.24) is 0 Å². The van der Waals surface area contributed by atoms with E-state index >= 15 is 0 Å². The van der Waals surface area contributed by atoms with Gasteiger partial charge in [0.2, 0.25) is 5.91 Å². The molecule has 2 N–H and O–H groups in total. The van der Waals surface area contributed by atoms with Crippen molar-refractivity contribution in [2.75, 3.05) is 31.5 Å². The molecule has 240 valence electrons. The smallest absolute Gasteiger partial charge is 0.341 e. The fourth-order valence-corrected chi connectivity index (χ4v) is 8.03. The van der Waals surface area contributed by atoms with E-state index in [4.69, 9.17) is 14.2 Å². The molecule has 2 unspecified atom stereocenters. The van der Waals surface area contributed by atoms with E-state index in [1.165, 1.54) is 42.9 Å². The largest absolute Gasteiger partial charge is 0.496 e. The number of nitrogens with one attached hydrogen (secondary N) is 2. The van der Waals surface area contributed by atoms with Crippen LogP contribution in [-0.4, -0.2) is 43.9 Å². The zero-order chi connectivity index (χ0) is 32.6. The van der Waals surface area contributed by atoms with Gasteiger partial charge in [0.05, 0.1) is 31.6 Å². The van der Waals surface area contributed by atoms with Gasteiger partial charge in [-0.15, -0.1) is 23.1 Å². The normalized spacial score (nSPS) is 14.5. The van der Waals surface area contributed by atoms with Crippen LogP contribution in [0.25, 0.3) is 0 Å². The van der Waals surface area contributed by atoms with Gasteiger partial charge in [0, 0.05) is 15.5 Å². The van der Waals surface area contributed by atoms with Gasteiger partial charge in [0.1, 0.15) is 22.1 Å². The number of thiophene rings is 1. The highest BCUT2D eigenvalue weighted by atomic mass is 32.2. The van der Waals surface area contributed by atoms with Crippen LogP contribution in [-0.2, 0) is 22.4 Å². The lowest BCUT2D eigenvalue weighted by Crippen LogP contribution is -2.25. The highest BCUT2D eigenvalue weighted by Gasteiger charge is 2.32. The van der Waals surface area contributed by atoms with Crippen molar-refractivity contribution in [2.24, 2.45) is 0 Å². The number of fused-ring (bicyclic) bond motifs is 1. The molecule has 0 bridgehead atoms. The zero-order valence-corrected chi connectivity index (χ0v) is 28.0. The summed E-state index contributed by atoms with van der Waals surface area (Å²) in [5.74, 6) is 0.204. The van der Waals surface area contributed by atoms with Crippen LogP contribution in [0.5, 0.6) is 11.5 Å². The molecule has 1 aromatic heterocycles. The second-order valence-electron chi connectivity index (χ2n) is 10.8. The number of hydrogen-bond acceptors (Lipinski definition) is 8. The summed E-state index contributed by atoms with van der Waals surface area (Å²) in [4.78, 5) is 42.0. The van der Waals surface area contributed by atoms with Crippen LogP contribution in [0.3, 0.4) is 0 Å². The monoisotopic (exact) mass is 658 g/mol. The summed E-state index contributed by atoms with van der Waals surface area (Å²) in [5, 5.41) is 6.12. The van der Waals surface area contributed by atoms with Crippen molar-refractivity contribution >= 4 is 51.6 Å². The van der Waals surface area contributed by atoms with Gasteiger partial charge in [-0.2, -0.15) is 0 Å². The van der Waals surface area contributed by atoms with Crippen molar-refractivity contribution < 1.29 is 28.6 Å². The number of amides is 2. The van der Waals surface area contributed by atoms with E-state index in [0.717, 1.165) is 34.6 Å². The molecular weight excluding hydrogens is 621 g/mol. The number of anilines is 2. The first-order valence-corrected chi connectivity index (χ1v) is 17.0. The molecule has 1 aliphatic rings. The fourth-order valence-electron chi connectivity index (χ4n) is 5.70. The number of hydrogen-bond donors (Lipinski definition) is 2. The summed E-state index contributed by atoms with van der Waals surface area (Å²) in [6.45, 7) is 3.99. The van der Waals surface area contributed by atoms with Crippen LogP contribution in [0, 0.1) is 0 Å². The number of thioether (sulfide) groups is 1. The molecule has 1 aliphatic carbocycles. The SMILES string of the molecule is CCOC(=O)c1c(NC(=O)C(CC)Sc2cccc(NC(=O)c3c(OC)cccc3OC)c2)sc2c1CCC(c1ccccc1)C2. The van der Waals surface area contributed by atoms with Gasteiger partial charge in [0.15, 0.2) is 0 Å². The topological polar surface area (TPSA) is 103 Å². The predicted molar refractivity (Wildman–Crippen MR) is 184 cm³/mol. The maximum Gasteiger partial charge on any atom is 0.341 e. The Kier molecular flexibility index (Phi) is 11.0. The Morgan fingerprint density at radius 1 is 0.913 bits per heavy atom. The first-order chi connectivity index (χ1) is 22.4. The van der Waals surface area contributed by atoms with Gasteiger partial charge in [0.25, 0.3) is 5.91 Å². The first kappa shape index (κ1) is 33.1. The quantitative estimate of drug-likeness (QED) is 0.118. The average Bonchev–Trinajstić information content (AvgIpc) is 3.44. The summed E-state index contributed by atoms with van der Waals surface area (Å²) in [5.41, 5.74) is 3.62. The van der Waals surface area contributed by atoms with Gasteiger partial charge in [-0.3, -0.25) is 9.59 Å². The third kappa shape index (κ3) is 7.40. The van der Waals surface area contributed by atoms with Crippen molar-refractivity contribution in [1.29, 1.82) is 0 Å². The van der Waals surface area contributed by atoms with E-state index in [-0.39, 0.29) is 18.4 Å². The second-order valence-corrected chi connectivity index (χ2v) is 13.2. The molecular formula is C36H38N2O6S2. The number of ether oxygens (including phenoxy) is 3. The molecule has 2 amide bonds. The number of carbonyl (C=O) groups excluding carboxylic acids is 3. The van der Waals surface area contributed by atoms with Gasteiger partial charge < -0.3 is 24.8 Å². The third-order valence-corrected chi connectivity index (χ3v) is 10.5. The Bertz CT molecular complexity index is 1680. The summed E-state index contributed by atoms with van der Waals surface area (Å²) in [7, 11) is 3.00. The highest BCUT2D eigenvalue weighted by Crippen LogP contribution is 2.43. The molecule has 4 aromatic rings. The molecule has 10 heteroatoms. The van der Waals surface area contributed by atoms with Gasteiger partial charge in [-0.05, 0) is 80.0 Å². The van der Waals surface area contributed by atoms with Crippen LogP contribution in [0.2, 0.25) is 0 Å². The molecule has 5 rings (SSSR count). The van der Waals surface area contributed by atoms with Crippen molar-refractivity contribution in [2.45, 2.75) is 55.6 Å². The van der Waals surface area contributed by atoms with Crippen LogP contribution in [0.4, 0.5) is 10.7 Å². The molecule has 2 atom stereocenters. The molecule has 0 spiro atoms. The number of benzene rings is 3. The molecule has 0 aliphatic heterocycles. The molecule has 3 aromatic carbocycles. The third-order valence-electron chi connectivity index (χ3n) is 7.94. The summed E-state index contributed by atoms with van der Waals surface area (Å²) in [6.07, 6.45) is 3.05. The Hall–Kier alpha value is -4.28. The first-order valence-electron chi connectivity index (χ1n) is 15.3. The lowest BCUT2D eigenvalue weighted by Gasteiger charge is -2.23. The summed E-state index contributed by atoms with van der Waals surface area (Å²) >= 11 is 2.88. The van der Waals surface area contributed by atoms with Gasteiger partial charge in [-0.25, -0.2) is 4.79 Å². The minimum Gasteiger partial charge on any atom is -0.496 e. The standard InChI is InChI=1S/C36H38N2O6S2/c1-5-29(45-25-15-10-14-24(21-25)37-34(40)32-27(42-3)16-11-17-28(32)43-4)33(39)38-35-31(36(41)44-6-2)26-19-18-23(20-30(26)46-35)22-12-8-7-9-13-22/h7-17,21,23,29H,5-6,18-20H2,1-4H3,(H,37,40)(H,38,39). The molecule has 0 fully saturated rings. The van der Waals surface area contributed by atoms with E-state index in [2.05, 4.69) is 34.9 Å². The van der Waals surface area contributed by atoms with Crippen molar-refractivity contribution in [3.8, 4) is 11.5 Å². The Morgan fingerprint density at radius 3 is 2.30 bits per heavy atom. The molecule has 0 saturated carbocycles. The van der Waals surface area contributed by atoms with E-state index in [1.54, 1.807) is 31.2 Å². The highest BCUT2D eigenvalue weighted by molar-refractivity contribution is 8.00. The van der Waals surface area contributed by atoms with Gasteiger partial charge >= 0.3 is 5.97 Å². The van der Waals surface area contributed by atoms with Gasteiger partial charge in [-0.1, -0.05) is 49.4 Å². The van der Waals surface area contributed by atoms with Crippen molar-refractivity contribution in [3.05, 3.63) is 99.9 Å². The van der Waals surface area contributed by atoms with Crippen LogP contribution < -0.4 is 20.1 Å². The zero-order valence-electron chi connectivity index (χ0n) is 26.4. The van der Waals surface area contributed by atoms with Crippen LogP contribution in [0.1, 0.15) is 69.3 Å². The van der Waals surface area contributed by atoms with E-state index in [9.17, 15) is 14.4 Å². The Balaban J connectivity index is 1.32. The number of carbonyl (C=O) groups is 3. The molecule has 0 saturated heterocycles. The number of rotatable bonds is 12. The van der Waals surface area contributed by atoms with Crippen LogP contribution >= 0.6 is 23.1 Å².